The molecule has 168 valence electrons. The molecule has 5 heteroatoms. The van der Waals surface area contributed by atoms with Crippen LogP contribution >= 0.6 is 0 Å². The SMILES string of the molecule is C/C=C\C(C)(CCC)OCCOC(=O)c1ccc(C(=O)OC(C)(C)CCCC)cc1. The predicted octanol–water partition coefficient (Wildman–Crippen LogP) is 6.12. The van der Waals surface area contributed by atoms with Crippen LogP contribution in [0.15, 0.2) is 36.4 Å². The van der Waals surface area contributed by atoms with Gasteiger partial charge in [-0.3, -0.25) is 0 Å². The molecular formula is C25H38O5. The van der Waals surface area contributed by atoms with Crippen LogP contribution in [-0.2, 0) is 14.2 Å². The van der Waals surface area contributed by atoms with Crippen molar-refractivity contribution in [3.05, 3.63) is 47.5 Å². The fourth-order valence-corrected chi connectivity index (χ4v) is 3.25. The number of ether oxygens (including phenoxy) is 3. The van der Waals surface area contributed by atoms with Crippen molar-refractivity contribution < 1.29 is 23.8 Å². The normalized spacial score (nSPS) is 13.8. The maximum atomic E-state index is 12.4. The second-order valence-electron chi connectivity index (χ2n) is 8.38. The van der Waals surface area contributed by atoms with Gasteiger partial charge in [-0.25, -0.2) is 9.59 Å². The van der Waals surface area contributed by atoms with Gasteiger partial charge in [-0.2, -0.15) is 0 Å². The van der Waals surface area contributed by atoms with Gasteiger partial charge in [0.15, 0.2) is 0 Å². The average Bonchev–Trinajstić information content (AvgIpc) is 2.70. The molecule has 0 N–H and O–H groups in total. The number of rotatable bonds is 13. The first kappa shape index (κ1) is 25.9. The highest BCUT2D eigenvalue weighted by Gasteiger charge is 2.23. The van der Waals surface area contributed by atoms with Gasteiger partial charge in [0.1, 0.15) is 12.2 Å². The molecule has 0 saturated heterocycles. The summed E-state index contributed by atoms with van der Waals surface area (Å²) < 4.78 is 16.8. The molecule has 5 nitrogen and oxygen atoms in total. The van der Waals surface area contributed by atoms with Crippen molar-refractivity contribution in [3.8, 4) is 0 Å². The van der Waals surface area contributed by atoms with Gasteiger partial charge in [0, 0.05) is 0 Å². The van der Waals surface area contributed by atoms with Crippen LogP contribution < -0.4 is 0 Å². The quantitative estimate of drug-likeness (QED) is 0.219. The maximum absolute atomic E-state index is 12.4. The van der Waals surface area contributed by atoms with Crippen molar-refractivity contribution in [1.82, 2.24) is 0 Å². The average molecular weight is 419 g/mol. The lowest BCUT2D eigenvalue weighted by Gasteiger charge is -2.26. The van der Waals surface area contributed by atoms with Gasteiger partial charge in [0.05, 0.1) is 23.3 Å². The van der Waals surface area contributed by atoms with E-state index in [1.807, 2.05) is 39.8 Å². The van der Waals surface area contributed by atoms with E-state index in [9.17, 15) is 9.59 Å². The fraction of sp³-hybridized carbons (Fsp3) is 0.600. The number of hydrogen-bond acceptors (Lipinski definition) is 5. The second kappa shape index (κ2) is 12.5. The van der Waals surface area contributed by atoms with E-state index in [2.05, 4.69) is 13.8 Å². The second-order valence-corrected chi connectivity index (χ2v) is 8.38. The van der Waals surface area contributed by atoms with Crippen LogP contribution in [0.1, 0.15) is 94.4 Å². The summed E-state index contributed by atoms with van der Waals surface area (Å²) in [5, 5.41) is 0. The lowest BCUT2D eigenvalue weighted by atomic mass is 10.00. The Labute approximate surface area is 181 Å². The van der Waals surface area contributed by atoms with Gasteiger partial charge in [-0.05, 0) is 71.2 Å². The minimum atomic E-state index is -0.510. The summed E-state index contributed by atoms with van der Waals surface area (Å²) in [6, 6.07) is 6.35. The van der Waals surface area contributed by atoms with Gasteiger partial charge < -0.3 is 14.2 Å². The molecule has 0 aliphatic heterocycles. The first-order valence-electron chi connectivity index (χ1n) is 10.9. The summed E-state index contributed by atoms with van der Waals surface area (Å²) in [7, 11) is 0. The summed E-state index contributed by atoms with van der Waals surface area (Å²) in [6.07, 6.45) is 8.77. The van der Waals surface area contributed by atoms with Crippen molar-refractivity contribution in [1.29, 1.82) is 0 Å². The molecule has 30 heavy (non-hydrogen) atoms. The molecule has 1 unspecified atom stereocenters. The molecule has 0 spiro atoms. The largest absolute Gasteiger partial charge is 0.460 e. The van der Waals surface area contributed by atoms with Crippen molar-refractivity contribution in [3.63, 3.8) is 0 Å². The van der Waals surface area contributed by atoms with E-state index in [-0.39, 0.29) is 18.2 Å². The Balaban J connectivity index is 2.54. The van der Waals surface area contributed by atoms with Crippen LogP contribution in [0, 0.1) is 0 Å². The van der Waals surface area contributed by atoms with E-state index in [0.29, 0.717) is 17.7 Å². The predicted molar refractivity (Wildman–Crippen MR) is 120 cm³/mol. The van der Waals surface area contributed by atoms with Gasteiger partial charge in [0.25, 0.3) is 0 Å². The highest BCUT2D eigenvalue weighted by Crippen LogP contribution is 2.21. The number of hydrogen-bond donors (Lipinski definition) is 0. The zero-order chi connectivity index (χ0) is 22.6. The zero-order valence-corrected chi connectivity index (χ0v) is 19.5. The molecule has 0 heterocycles. The number of unbranched alkanes of at least 4 members (excludes halogenated alkanes) is 1. The molecule has 1 rings (SSSR count). The molecule has 0 aliphatic rings. The fourth-order valence-electron chi connectivity index (χ4n) is 3.25. The number of carbonyl (C=O) groups excluding carboxylic acids is 2. The molecule has 0 aromatic heterocycles. The third kappa shape index (κ3) is 9.12. The van der Waals surface area contributed by atoms with Crippen LogP contribution in [-0.4, -0.2) is 36.4 Å². The Morgan fingerprint density at radius 1 is 0.900 bits per heavy atom. The summed E-state index contributed by atoms with van der Waals surface area (Å²) >= 11 is 0. The Hall–Kier alpha value is -2.14. The minimum absolute atomic E-state index is 0.172. The smallest absolute Gasteiger partial charge is 0.338 e. The first-order chi connectivity index (χ1) is 14.2. The van der Waals surface area contributed by atoms with E-state index >= 15 is 0 Å². The van der Waals surface area contributed by atoms with Crippen LogP contribution in [0.25, 0.3) is 0 Å². The van der Waals surface area contributed by atoms with E-state index in [1.165, 1.54) is 0 Å². The summed E-state index contributed by atoms with van der Waals surface area (Å²) in [4.78, 5) is 24.6. The monoisotopic (exact) mass is 418 g/mol. The highest BCUT2D eigenvalue weighted by molar-refractivity contribution is 5.93. The van der Waals surface area contributed by atoms with Crippen molar-refractivity contribution in [2.75, 3.05) is 13.2 Å². The maximum Gasteiger partial charge on any atom is 0.338 e. The third-order valence-electron chi connectivity index (χ3n) is 4.87. The topological polar surface area (TPSA) is 61.8 Å². The van der Waals surface area contributed by atoms with Crippen LogP contribution in [0.4, 0.5) is 0 Å². The van der Waals surface area contributed by atoms with E-state index in [0.717, 1.165) is 32.1 Å². The summed E-state index contributed by atoms with van der Waals surface area (Å²) in [5.41, 5.74) is -0.0463. The Morgan fingerprint density at radius 3 is 2.03 bits per heavy atom. The van der Waals surface area contributed by atoms with E-state index in [1.54, 1.807) is 24.3 Å². The van der Waals surface area contributed by atoms with Crippen LogP contribution in [0.2, 0.25) is 0 Å². The molecule has 0 radical (unpaired) electrons. The molecule has 0 amide bonds. The zero-order valence-electron chi connectivity index (χ0n) is 19.5. The number of benzene rings is 1. The van der Waals surface area contributed by atoms with E-state index < -0.39 is 11.6 Å². The molecule has 0 bridgehead atoms. The van der Waals surface area contributed by atoms with Crippen molar-refractivity contribution in [2.24, 2.45) is 0 Å². The van der Waals surface area contributed by atoms with Gasteiger partial charge in [-0.15, -0.1) is 0 Å². The standard InChI is InChI=1S/C25H38O5/c1-7-10-17-24(4,5)30-23(27)21-13-11-20(12-14-21)22(26)28-18-19-29-25(6,15-8-2)16-9-3/h8,11-15H,7,9-10,16-19H2,1-6H3/b15-8-. The third-order valence-corrected chi connectivity index (χ3v) is 4.87. The number of allylic oxidation sites excluding steroid dienone is 1. The van der Waals surface area contributed by atoms with Gasteiger partial charge in [0.2, 0.25) is 0 Å². The van der Waals surface area contributed by atoms with Crippen molar-refractivity contribution in [2.45, 2.75) is 84.8 Å². The number of carbonyl (C=O) groups is 2. The van der Waals surface area contributed by atoms with Gasteiger partial charge in [-0.1, -0.05) is 38.8 Å². The van der Waals surface area contributed by atoms with Crippen LogP contribution in [0.5, 0.6) is 0 Å². The molecule has 0 saturated carbocycles. The molecular weight excluding hydrogens is 380 g/mol. The highest BCUT2D eigenvalue weighted by atomic mass is 16.6. The van der Waals surface area contributed by atoms with Crippen molar-refractivity contribution >= 4 is 11.9 Å². The molecule has 1 aromatic carbocycles. The van der Waals surface area contributed by atoms with Gasteiger partial charge >= 0.3 is 11.9 Å². The molecule has 1 atom stereocenters. The number of esters is 2. The Morgan fingerprint density at radius 2 is 1.50 bits per heavy atom. The Bertz CT molecular complexity index is 690. The summed E-state index contributed by atoms with van der Waals surface area (Å²) in [5.74, 6) is -0.825. The lowest BCUT2D eigenvalue weighted by Crippen LogP contribution is -2.28. The molecule has 0 aliphatic carbocycles. The minimum Gasteiger partial charge on any atom is -0.460 e. The Kier molecular flexibility index (Phi) is 10.8. The molecule has 1 aromatic rings. The van der Waals surface area contributed by atoms with Crippen LogP contribution in [0.3, 0.4) is 0 Å². The van der Waals surface area contributed by atoms with E-state index in [4.69, 9.17) is 14.2 Å². The first-order valence-corrected chi connectivity index (χ1v) is 10.9. The summed E-state index contributed by atoms with van der Waals surface area (Å²) in [6.45, 7) is 12.5. The molecule has 0 fully saturated rings. The lowest BCUT2D eigenvalue weighted by molar-refractivity contribution is -0.0265.